The number of rotatable bonds is 2. The van der Waals surface area contributed by atoms with Gasteiger partial charge in [0.05, 0.1) is 11.6 Å². The van der Waals surface area contributed by atoms with Gasteiger partial charge in [0.25, 0.3) is 5.91 Å². The van der Waals surface area contributed by atoms with Gasteiger partial charge in [-0.3, -0.25) is 4.79 Å². The molecule has 1 aliphatic heterocycles. The van der Waals surface area contributed by atoms with Gasteiger partial charge in [0.2, 0.25) is 10.0 Å². The van der Waals surface area contributed by atoms with E-state index in [4.69, 9.17) is 4.74 Å². The monoisotopic (exact) mass is 421 g/mol. The Morgan fingerprint density at radius 3 is 2.68 bits per heavy atom. The highest BCUT2D eigenvalue weighted by atomic mass is 32.2. The lowest BCUT2D eigenvalue weighted by Gasteiger charge is -2.13. The van der Waals surface area contributed by atoms with Crippen molar-refractivity contribution in [3.05, 3.63) is 41.5 Å². The van der Waals surface area contributed by atoms with Crippen LogP contribution in [0.2, 0.25) is 0 Å². The number of anilines is 1. The largest absolute Gasteiger partial charge is 0.488 e. The van der Waals surface area contributed by atoms with Crippen molar-refractivity contribution in [3.8, 4) is 5.75 Å². The number of aryl methyl sites for hydroxylation is 1. The van der Waals surface area contributed by atoms with Crippen LogP contribution in [0.3, 0.4) is 0 Å². The number of nitrogens with zero attached hydrogens (tertiary/aromatic N) is 1. The third-order valence-corrected chi connectivity index (χ3v) is 5.55. The van der Waals surface area contributed by atoms with Crippen LogP contribution in [0.15, 0.2) is 29.3 Å². The molecular formula is C16H15F4N3O4S. The Balaban J connectivity index is 1.99. The van der Waals surface area contributed by atoms with Crippen molar-refractivity contribution in [3.63, 3.8) is 0 Å². The molecule has 0 radical (unpaired) electrons. The Morgan fingerprint density at radius 2 is 2.04 bits per heavy atom. The lowest BCUT2D eigenvalue weighted by Crippen LogP contribution is -2.34. The number of hydrogen-bond donors (Lipinski definition) is 2. The highest BCUT2D eigenvalue weighted by molar-refractivity contribution is 7.89. The molecule has 1 aromatic heterocycles. The molecule has 1 aliphatic rings. The second-order valence-corrected chi connectivity index (χ2v) is 7.94. The van der Waals surface area contributed by atoms with E-state index in [1.807, 2.05) is 0 Å². The fourth-order valence-corrected chi connectivity index (χ4v) is 4.17. The van der Waals surface area contributed by atoms with Gasteiger partial charge in [-0.15, -0.1) is 0 Å². The summed E-state index contributed by atoms with van der Waals surface area (Å²) < 4.78 is 85.6. The van der Waals surface area contributed by atoms with Crippen molar-refractivity contribution in [2.45, 2.75) is 24.0 Å². The molecule has 1 atom stereocenters. The predicted octanol–water partition coefficient (Wildman–Crippen LogP) is 2.49. The van der Waals surface area contributed by atoms with Crippen molar-refractivity contribution in [1.29, 1.82) is 0 Å². The Morgan fingerprint density at radius 1 is 1.36 bits per heavy atom. The van der Waals surface area contributed by atoms with Crippen LogP contribution in [-0.2, 0) is 23.2 Å². The third kappa shape index (κ3) is 3.69. The number of alkyl halides is 3. The molecule has 2 N–H and O–H groups in total. The Hall–Kier alpha value is -2.60. The summed E-state index contributed by atoms with van der Waals surface area (Å²) in [6.07, 6.45) is -3.78. The van der Waals surface area contributed by atoms with Crippen molar-refractivity contribution >= 4 is 21.6 Å². The molecule has 12 heteroatoms. The first kappa shape index (κ1) is 20.1. The lowest BCUT2D eigenvalue weighted by molar-refractivity contribution is -0.139. The first-order valence-corrected chi connectivity index (χ1v) is 9.41. The summed E-state index contributed by atoms with van der Waals surface area (Å²) in [5, 5.41) is 2.21. The molecule has 0 spiro atoms. The van der Waals surface area contributed by atoms with Crippen molar-refractivity contribution in [1.82, 2.24) is 9.29 Å². The fourth-order valence-electron chi connectivity index (χ4n) is 2.75. The smallest absolute Gasteiger partial charge is 0.419 e. The van der Waals surface area contributed by atoms with Gasteiger partial charge in [0, 0.05) is 18.9 Å². The van der Waals surface area contributed by atoms with Gasteiger partial charge in [0.1, 0.15) is 17.3 Å². The minimum Gasteiger partial charge on any atom is -0.488 e. The van der Waals surface area contributed by atoms with Crippen LogP contribution >= 0.6 is 0 Å². The van der Waals surface area contributed by atoms with E-state index in [1.165, 1.54) is 11.6 Å². The lowest BCUT2D eigenvalue weighted by atomic mass is 10.1. The molecule has 0 unspecified atom stereocenters. The topological polar surface area (TPSA) is 89.4 Å². The number of hydrogen-bond acceptors (Lipinski definition) is 4. The minimum absolute atomic E-state index is 0.0503. The van der Waals surface area contributed by atoms with Gasteiger partial charge in [0.15, 0.2) is 11.4 Å². The zero-order chi connectivity index (χ0) is 20.9. The summed E-state index contributed by atoms with van der Waals surface area (Å²) in [6, 6.07) is 1.45. The molecule has 1 aromatic carbocycles. The SMILES string of the molecule is C[C@H]1COc2c(cn(C)c2C(=O)Nc2ccc(F)c(C(F)(F)F)c2)S(=O)(=O)N1. The molecule has 7 nitrogen and oxygen atoms in total. The number of halogens is 4. The van der Waals surface area contributed by atoms with E-state index in [-0.39, 0.29) is 28.6 Å². The fraction of sp³-hybridized carbons (Fsp3) is 0.312. The van der Waals surface area contributed by atoms with E-state index in [9.17, 15) is 30.8 Å². The van der Waals surface area contributed by atoms with Gasteiger partial charge < -0.3 is 14.6 Å². The molecule has 0 fully saturated rings. The van der Waals surface area contributed by atoms with Gasteiger partial charge in [-0.05, 0) is 25.1 Å². The maximum absolute atomic E-state index is 13.4. The van der Waals surface area contributed by atoms with Gasteiger partial charge in [-0.1, -0.05) is 0 Å². The zero-order valence-electron chi connectivity index (χ0n) is 14.6. The Labute approximate surface area is 157 Å². The maximum Gasteiger partial charge on any atom is 0.419 e. The standard InChI is InChI=1S/C16H15F4N3O4S/c1-8-7-27-14-12(28(25,26)22-8)6-23(2)13(14)15(24)21-9-3-4-11(17)10(5-9)16(18,19)20/h3-6,8,22H,7H2,1-2H3,(H,21,24)/t8-/m0/s1. The summed E-state index contributed by atoms with van der Waals surface area (Å²) in [4.78, 5) is 12.4. The van der Waals surface area contributed by atoms with Gasteiger partial charge >= 0.3 is 6.18 Å². The molecule has 2 aromatic rings. The highest BCUT2D eigenvalue weighted by Crippen LogP contribution is 2.35. The molecule has 0 saturated carbocycles. The number of fused-ring (bicyclic) bond motifs is 1. The summed E-state index contributed by atoms with van der Waals surface area (Å²) in [5.74, 6) is -2.60. The average molecular weight is 421 g/mol. The Bertz CT molecular complexity index is 1050. The van der Waals surface area contributed by atoms with E-state index in [0.717, 1.165) is 12.3 Å². The number of amides is 1. The normalized spacial score (nSPS) is 18.7. The van der Waals surface area contributed by atoms with E-state index < -0.39 is 39.5 Å². The molecule has 152 valence electrons. The third-order valence-electron chi connectivity index (χ3n) is 3.97. The number of carbonyl (C=O) groups excluding carboxylic acids is 1. The van der Waals surface area contributed by atoms with Crippen molar-refractivity contribution < 1.29 is 35.5 Å². The van der Waals surface area contributed by atoms with Crippen LogP contribution in [0.4, 0.5) is 23.2 Å². The van der Waals surface area contributed by atoms with Crippen LogP contribution < -0.4 is 14.8 Å². The van der Waals surface area contributed by atoms with E-state index in [0.29, 0.717) is 12.1 Å². The van der Waals surface area contributed by atoms with Crippen molar-refractivity contribution in [2.24, 2.45) is 7.05 Å². The summed E-state index contributed by atoms with van der Waals surface area (Å²) in [7, 11) is -2.56. The molecule has 28 heavy (non-hydrogen) atoms. The molecule has 1 amide bonds. The first-order valence-electron chi connectivity index (χ1n) is 7.92. The predicted molar refractivity (Wildman–Crippen MR) is 90.0 cm³/mol. The number of benzene rings is 1. The number of ether oxygens (including phenoxy) is 1. The van der Waals surface area contributed by atoms with Crippen LogP contribution in [-0.4, -0.2) is 31.5 Å². The molecule has 0 saturated heterocycles. The van der Waals surface area contributed by atoms with Crippen molar-refractivity contribution in [2.75, 3.05) is 11.9 Å². The van der Waals surface area contributed by atoms with E-state index in [1.54, 1.807) is 6.92 Å². The van der Waals surface area contributed by atoms with Gasteiger partial charge in [-0.2, -0.15) is 13.2 Å². The van der Waals surface area contributed by atoms with Crippen LogP contribution in [0.1, 0.15) is 23.0 Å². The Kier molecular flexibility index (Phi) is 4.88. The number of carbonyl (C=O) groups is 1. The summed E-state index contributed by atoms with van der Waals surface area (Å²) >= 11 is 0. The van der Waals surface area contributed by atoms with Crippen LogP contribution in [0.25, 0.3) is 0 Å². The zero-order valence-corrected chi connectivity index (χ0v) is 15.4. The van der Waals surface area contributed by atoms with Gasteiger partial charge in [-0.25, -0.2) is 17.5 Å². The first-order chi connectivity index (χ1) is 12.9. The number of sulfonamides is 1. The molecule has 0 bridgehead atoms. The molecule has 0 aliphatic carbocycles. The van der Waals surface area contributed by atoms with Crippen LogP contribution in [0.5, 0.6) is 5.75 Å². The molecule has 3 rings (SSSR count). The number of aromatic nitrogens is 1. The molecule has 2 heterocycles. The second-order valence-electron chi connectivity index (χ2n) is 6.26. The van der Waals surface area contributed by atoms with E-state index >= 15 is 0 Å². The van der Waals surface area contributed by atoms with Crippen LogP contribution in [0, 0.1) is 5.82 Å². The van der Waals surface area contributed by atoms with E-state index in [2.05, 4.69) is 10.0 Å². The second kappa shape index (κ2) is 6.78. The average Bonchev–Trinajstić information content (AvgIpc) is 2.85. The highest BCUT2D eigenvalue weighted by Gasteiger charge is 2.35. The number of nitrogens with one attached hydrogen (secondary N) is 2. The maximum atomic E-state index is 13.4. The summed E-state index contributed by atoms with van der Waals surface area (Å²) in [5.41, 5.74) is -2.04. The molecular weight excluding hydrogens is 406 g/mol. The quantitative estimate of drug-likeness (QED) is 0.730. The minimum atomic E-state index is -4.94. The summed E-state index contributed by atoms with van der Waals surface area (Å²) in [6.45, 7) is 1.52.